The van der Waals surface area contributed by atoms with Gasteiger partial charge in [-0.3, -0.25) is 4.79 Å². The van der Waals surface area contributed by atoms with E-state index < -0.39 is 0 Å². The molecule has 0 radical (unpaired) electrons. The van der Waals surface area contributed by atoms with Gasteiger partial charge in [-0.15, -0.1) is 0 Å². The van der Waals surface area contributed by atoms with Gasteiger partial charge < -0.3 is 5.32 Å². The zero-order valence-corrected chi connectivity index (χ0v) is 12.6. The third kappa shape index (κ3) is 3.91. The van der Waals surface area contributed by atoms with Crippen LogP contribution in [0.2, 0.25) is 0 Å². The van der Waals surface area contributed by atoms with Crippen LogP contribution in [0.3, 0.4) is 0 Å². The second kappa shape index (κ2) is 6.53. The van der Waals surface area contributed by atoms with E-state index in [9.17, 15) is 9.18 Å². The standard InChI is InChI=1S/C18H20FNO/c1-12(2)14-4-6-15(7-5-14)13(3)20-18(21)16-8-10-17(19)11-9-16/h4-13H,1-3H3,(H,20,21). The molecule has 0 spiro atoms. The van der Waals surface area contributed by atoms with Gasteiger partial charge >= 0.3 is 0 Å². The normalized spacial score (nSPS) is 12.2. The summed E-state index contributed by atoms with van der Waals surface area (Å²) in [5.41, 5.74) is 2.78. The van der Waals surface area contributed by atoms with Crippen molar-refractivity contribution in [2.24, 2.45) is 0 Å². The van der Waals surface area contributed by atoms with Crippen LogP contribution in [0, 0.1) is 5.82 Å². The molecule has 1 amide bonds. The predicted octanol–water partition coefficient (Wildman–Crippen LogP) is 4.44. The maximum atomic E-state index is 12.8. The molecule has 0 bridgehead atoms. The molecule has 0 saturated carbocycles. The minimum Gasteiger partial charge on any atom is -0.346 e. The molecule has 1 N–H and O–H groups in total. The molecule has 21 heavy (non-hydrogen) atoms. The number of halogens is 1. The number of nitrogens with one attached hydrogen (secondary N) is 1. The monoisotopic (exact) mass is 285 g/mol. The third-order valence-electron chi connectivity index (χ3n) is 3.56. The van der Waals surface area contributed by atoms with Gasteiger partial charge in [0, 0.05) is 5.56 Å². The fourth-order valence-corrected chi connectivity index (χ4v) is 2.13. The van der Waals surface area contributed by atoms with Gasteiger partial charge in [-0.25, -0.2) is 4.39 Å². The first kappa shape index (κ1) is 15.2. The highest BCUT2D eigenvalue weighted by atomic mass is 19.1. The molecule has 2 rings (SSSR count). The first-order chi connectivity index (χ1) is 9.97. The van der Waals surface area contributed by atoms with E-state index in [1.165, 1.54) is 29.8 Å². The average molecular weight is 285 g/mol. The summed E-state index contributed by atoms with van der Waals surface area (Å²) < 4.78 is 12.8. The number of carbonyl (C=O) groups excluding carboxylic acids is 1. The highest BCUT2D eigenvalue weighted by Crippen LogP contribution is 2.19. The first-order valence-electron chi connectivity index (χ1n) is 7.13. The Morgan fingerprint density at radius 3 is 1.95 bits per heavy atom. The molecule has 0 aliphatic carbocycles. The van der Waals surface area contributed by atoms with Crippen molar-refractivity contribution in [3.63, 3.8) is 0 Å². The van der Waals surface area contributed by atoms with Gasteiger partial charge in [-0.2, -0.15) is 0 Å². The summed E-state index contributed by atoms with van der Waals surface area (Å²) in [6, 6.07) is 13.7. The van der Waals surface area contributed by atoms with Crippen LogP contribution in [0.4, 0.5) is 4.39 Å². The molecule has 0 saturated heterocycles. The van der Waals surface area contributed by atoms with E-state index in [4.69, 9.17) is 0 Å². The summed E-state index contributed by atoms with van der Waals surface area (Å²) in [4.78, 5) is 12.1. The van der Waals surface area contributed by atoms with Crippen LogP contribution in [-0.4, -0.2) is 5.91 Å². The second-order valence-corrected chi connectivity index (χ2v) is 5.52. The Morgan fingerprint density at radius 2 is 1.43 bits per heavy atom. The first-order valence-corrected chi connectivity index (χ1v) is 7.13. The van der Waals surface area contributed by atoms with Gasteiger partial charge in [-0.05, 0) is 48.2 Å². The molecule has 0 aromatic heterocycles. The molecule has 2 nitrogen and oxygen atoms in total. The minimum atomic E-state index is -0.344. The van der Waals surface area contributed by atoms with Crippen molar-refractivity contribution in [1.29, 1.82) is 0 Å². The lowest BCUT2D eigenvalue weighted by Crippen LogP contribution is -2.26. The Kier molecular flexibility index (Phi) is 4.73. The number of rotatable bonds is 4. The Morgan fingerprint density at radius 1 is 0.905 bits per heavy atom. The largest absolute Gasteiger partial charge is 0.346 e. The summed E-state index contributed by atoms with van der Waals surface area (Å²) in [6.45, 7) is 6.23. The van der Waals surface area contributed by atoms with E-state index in [0.717, 1.165) is 5.56 Å². The average Bonchev–Trinajstić information content (AvgIpc) is 2.47. The fourth-order valence-electron chi connectivity index (χ4n) is 2.13. The van der Waals surface area contributed by atoms with Crippen LogP contribution in [-0.2, 0) is 0 Å². The predicted molar refractivity (Wildman–Crippen MR) is 82.8 cm³/mol. The fraction of sp³-hybridized carbons (Fsp3) is 0.278. The molecular formula is C18H20FNO. The molecule has 0 heterocycles. The number of amides is 1. The summed E-state index contributed by atoms with van der Waals surface area (Å²) in [5.74, 6) is -0.0533. The van der Waals surface area contributed by atoms with E-state index in [0.29, 0.717) is 11.5 Å². The van der Waals surface area contributed by atoms with E-state index in [2.05, 4.69) is 31.3 Å². The van der Waals surface area contributed by atoms with Crippen LogP contribution < -0.4 is 5.32 Å². The van der Waals surface area contributed by atoms with Crippen molar-refractivity contribution >= 4 is 5.91 Å². The van der Waals surface area contributed by atoms with Crippen molar-refractivity contribution < 1.29 is 9.18 Å². The molecule has 0 fully saturated rings. The summed E-state index contributed by atoms with van der Waals surface area (Å²) in [6.07, 6.45) is 0. The lowest BCUT2D eigenvalue weighted by molar-refractivity contribution is 0.0940. The molecule has 3 heteroatoms. The zero-order valence-electron chi connectivity index (χ0n) is 12.6. The van der Waals surface area contributed by atoms with E-state index >= 15 is 0 Å². The number of carbonyl (C=O) groups is 1. The van der Waals surface area contributed by atoms with Crippen molar-refractivity contribution in [1.82, 2.24) is 5.32 Å². The highest BCUT2D eigenvalue weighted by molar-refractivity contribution is 5.94. The van der Waals surface area contributed by atoms with Crippen molar-refractivity contribution in [2.75, 3.05) is 0 Å². The van der Waals surface area contributed by atoms with Crippen molar-refractivity contribution in [3.8, 4) is 0 Å². The minimum absolute atomic E-state index is 0.0937. The Hall–Kier alpha value is -2.16. The van der Waals surface area contributed by atoms with Gasteiger partial charge in [0.2, 0.25) is 0 Å². The SMILES string of the molecule is CC(C)c1ccc(C(C)NC(=O)c2ccc(F)cc2)cc1. The van der Waals surface area contributed by atoms with Crippen LogP contribution in [0.25, 0.3) is 0 Å². The smallest absolute Gasteiger partial charge is 0.251 e. The molecule has 110 valence electrons. The number of hydrogen-bond acceptors (Lipinski definition) is 1. The van der Waals surface area contributed by atoms with Crippen molar-refractivity contribution in [2.45, 2.75) is 32.7 Å². The van der Waals surface area contributed by atoms with Crippen molar-refractivity contribution in [3.05, 3.63) is 71.0 Å². The Balaban J connectivity index is 2.05. The molecule has 2 aromatic carbocycles. The van der Waals surface area contributed by atoms with E-state index in [1.807, 2.05) is 19.1 Å². The highest BCUT2D eigenvalue weighted by Gasteiger charge is 2.11. The lowest BCUT2D eigenvalue weighted by atomic mass is 9.99. The zero-order chi connectivity index (χ0) is 15.4. The lowest BCUT2D eigenvalue weighted by Gasteiger charge is -2.15. The number of benzene rings is 2. The van der Waals surface area contributed by atoms with Gasteiger partial charge in [0.25, 0.3) is 5.91 Å². The molecule has 1 unspecified atom stereocenters. The molecular weight excluding hydrogens is 265 g/mol. The third-order valence-corrected chi connectivity index (χ3v) is 3.56. The maximum absolute atomic E-state index is 12.8. The Labute approximate surface area is 125 Å². The van der Waals surface area contributed by atoms with E-state index in [-0.39, 0.29) is 17.8 Å². The number of hydrogen-bond donors (Lipinski definition) is 1. The van der Waals surface area contributed by atoms with Gasteiger partial charge in [-0.1, -0.05) is 38.1 Å². The molecule has 0 aliphatic rings. The van der Waals surface area contributed by atoms with Gasteiger partial charge in [0.05, 0.1) is 6.04 Å². The molecule has 1 atom stereocenters. The topological polar surface area (TPSA) is 29.1 Å². The Bertz CT molecular complexity index is 602. The van der Waals surface area contributed by atoms with Crippen LogP contribution in [0.15, 0.2) is 48.5 Å². The van der Waals surface area contributed by atoms with E-state index in [1.54, 1.807) is 0 Å². The van der Waals surface area contributed by atoms with Crippen LogP contribution >= 0.6 is 0 Å². The summed E-state index contributed by atoms with van der Waals surface area (Å²) in [5, 5.41) is 2.92. The maximum Gasteiger partial charge on any atom is 0.251 e. The van der Waals surface area contributed by atoms with Gasteiger partial charge in [0.1, 0.15) is 5.82 Å². The van der Waals surface area contributed by atoms with Crippen LogP contribution in [0.1, 0.15) is 54.2 Å². The van der Waals surface area contributed by atoms with Gasteiger partial charge in [0.15, 0.2) is 0 Å². The summed E-state index contributed by atoms with van der Waals surface area (Å²) in [7, 11) is 0. The second-order valence-electron chi connectivity index (χ2n) is 5.52. The quantitative estimate of drug-likeness (QED) is 0.884. The molecule has 0 aliphatic heterocycles. The molecule has 2 aromatic rings. The van der Waals surface area contributed by atoms with Crippen LogP contribution in [0.5, 0.6) is 0 Å². The summed E-state index contributed by atoms with van der Waals surface area (Å²) >= 11 is 0.